The van der Waals surface area contributed by atoms with E-state index in [1.165, 1.54) is 12.1 Å². The molecule has 18 heavy (non-hydrogen) atoms. The molecule has 2 rings (SSSR count). The van der Waals surface area contributed by atoms with Crippen LogP contribution < -0.4 is 5.73 Å². The van der Waals surface area contributed by atoms with Crippen molar-refractivity contribution in [2.75, 3.05) is 0 Å². The Morgan fingerprint density at radius 1 is 1.00 bits per heavy atom. The van der Waals surface area contributed by atoms with Gasteiger partial charge in [-0.05, 0) is 30.3 Å². The third-order valence-corrected chi connectivity index (χ3v) is 2.93. The smallest absolute Gasteiger partial charge is 0.129 e. The predicted molar refractivity (Wildman–Crippen MR) is 63.8 cm³/mol. The van der Waals surface area contributed by atoms with Crippen LogP contribution in [0.4, 0.5) is 13.2 Å². The van der Waals surface area contributed by atoms with Gasteiger partial charge in [-0.25, -0.2) is 13.2 Å². The fraction of sp³-hybridized carbons (Fsp3) is 0.0769. The van der Waals surface area contributed by atoms with Gasteiger partial charge in [-0.2, -0.15) is 0 Å². The molecular formula is C13H9ClF3N. The molecule has 0 fully saturated rings. The van der Waals surface area contributed by atoms with Gasteiger partial charge in [0.25, 0.3) is 0 Å². The quantitative estimate of drug-likeness (QED) is 0.883. The van der Waals surface area contributed by atoms with Gasteiger partial charge in [-0.1, -0.05) is 17.7 Å². The van der Waals surface area contributed by atoms with E-state index in [0.29, 0.717) is 0 Å². The Hall–Kier alpha value is -1.52. The number of rotatable bonds is 2. The summed E-state index contributed by atoms with van der Waals surface area (Å²) in [5.74, 6) is -2.00. The fourth-order valence-electron chi connectivity index (χ4n) is 1.72. The van der Waals surface area contributed by atoms with Gasteiger partial charge in [0.05, 0.1) is 6.04 Å². The van der Waals surface area contributed by atoms with Crippen LogP contribution >= 0.6 is 11.6 Å². The highest BCUT2D eigenvalue weighted by atomic mass is 35.5. The highest BCUT2D eigenvalue weighted by molar-refractivity contribution is 6.31. The number of nitrogens with two attached hydrogens (primary N) is 1. The Labute approximate surface area is 107 Å². The van der Waals surface area contributed by atoms with E-state index < -0.39 is 23.5 Å². The van der Waals surface area contributed by atoms with Gasteiger partial charge < -0.3 is 5.73 Å². The molecule has 2 aromatic carbocycles. The summed E-state index contributed by atoms with van der Waals surface area (Å²) in [4.78, 5) is 0. The van der Waals surface area contributed by atoms with Crippen molar-refractivity contribution in [3.05, 3.63) is 70.0 Å². The zero-order chi connectivity index (χ0) is 13.3. The van der Waals surface area contributed by atoms with Gasteiger partial charge in [0.1, 0.15) is 17.5 Å². The van der Waals surface area contributed by atoms with E-state index in [9.17, 15) is 13.2 Å². The summed E-state index contributed by atoms with van der Waals surface area (Å²) in [6.07, 6.45) is 0. The molecule has 2 N–H and O–H groups in total. The second kappa shape index (κ2) is 5.00. The van der Waals surface area contributed by atoms with Gasteiger partial charge >= 0.3 is 0 Å². The van der Waals surface area contributed by atoms with Gasteiger partial charge in [0, 0.05) is 16.1 Å². The van der Waals surface area contributed by atoms with Crippen LogP contribution in [0.5, 0.6) is 0 Å². The first-order chi connectivity index (χ1) is 8.50. The van der Waals surface area contributed by atoms with Crippen LogP contribution in [-0.4, -0.2) is 0 Å². The number of hydrogen-bond acceptors (Lipinski definition) is 1. The molecule has 0 amide bonds. The van der Waals surface area contributed by atoms with E-state index >= 15 is 0 Å². The van der Waals surface area contributed by atoms with Gasteiger partial charge in [0.15, 0.2) is 0 Å². The van der Waals surface area contributed by atoms with Crippen molar-refractivity contribution < 1.29 is 13.2 Å². The van der Waals surface area contributed by atoms with Crippen LogP contribution in [-0.2, 0) is 0 Å². The minimum absolute atomic E-state index is 0.0522. The number of benzene rings is 2. The molecule has 0 aliphatic carbocycles. The Bertz CT molecular complexity index is 566. The average Bonchev–Trinajstić information content (AvgIpc) is 2.32. The first kappa shape index (κ1) is 12.9. The van der Waals surface area contributed by atoms with Crippen molar-refractivity contribution in [1.29, 1.82) is 0 Å². The van der Waals surface area contributed by atoms with E-state index in [0.717, 1.165) is 24.3 Å². The topological polar surface area (TPSA) is 26.0 Å². The zero-order valence-electron chi connectivity index (χ0n) is 9.13. The molecule has 94 valence electrons. The standard InChI is InChI=1S/C13H9ClF3N/c14-9-2-1-3-11(17)12(9)13(18)8-6-7(15)4-5-10(8)16/h1-6,13H,18H2. The van der Waals surface area contributed by atoms with Crippen molar-refractivity contribution in [3.8, 4) is 0 Å². The molecule has 0 aliphatic heterocycles. The Morgan fingerprint density at radius 3 is 2.39 bits per heavy atom. The van der Waals surface area contributed by atoms with Crippen LogP contribution in [0.1, 0.15) is 17.2 Å². The van der Waals surface area contributed by atoms with E-state index in [2.05, 4.69) is 0 Å². The molecule has 0 radical (unpaired) electrons. The largest absolute Gasteiger partial charge is 0.320 e. The van der Waals surface area contributed by atoms with Gasteiger partial charge in [-0.15, -0.1) is 0 Å². The maximum absolute atomic E-state index is 13.6. The van der Waals surface area contributed by atoms with Crippen molar-refractivity contribution >= 4 is 11.6 Å². The SMILES string of the molecule is NC(c1cc(F)ccc1F)c1c(F)cccc1Cl. The summed E-state index contributed by atoms with van der Waals surface area (Å²) in [7, 11) is 0. The normalized spacial score (nSPS) is 12.5. The van der Waals surface area contributed by atoms with Crippen LogP contribution in [0, 0.1) is 17.5 Å². The minimum Gasteiger partial charge on any atom is -0.320 e. The Kier molecular flexibility index (Phi) is 3.59. The van der Waals surface area contributed by atoms with Crippen molar-refractivity contribution in [1.82, 2.24) is 0 Å². The Balaban J connectivity index is 2.54. The monoisotopic (exact) mass is 271 g/mol. The van der Waals surface area contributed by atoms with Gasteiger partial charge in [0.2, 0.25) is 0 Å². The van der Waals surface area contributed by atoms with Crippen LogP contribution in [0.15, 0.2) is 36.4 Å². The molecule has 0 saturated carbocycles. The third kappa shape index (κ3) is 2.35. The molecule has 1 nitrogen and oxygen atoms in total. The van der Waals surface area contributed by atoms with Gasteiger partial charge in [-0.3, -0.25) is 0 Å². The molecule has 1 unspecified atom stereocenters. The van der Waals surface area contributed by atoms with Crippen molar-refractivity contribution in [2.45, 2.75) is 6.04 Å². The van der Waals surface area contributed by atoms with E-state index in [-0.39, 0.29) is 16.1 Å². The van der Waals surface area contributed by atoms with Crippen LogP contribution in [0.3, 0.4) is 0 Å². The van der Waals surface area contributed by atoms with E-state index in [1.54, 1.807) is 0 Å². The second-order valence-electron chi connectivity index (χ2n) is 3.78. The first-order valence-electron chi connectivity index (χ1n) is 5.15. The summed E-state index contributed by atoms with van der Waals surface area (Å²) >= 11 is 5.83. The lowest BCUT2D eigenvalue weighted by Gasteiger charge is -2.15. The van der Waals surface area contributed by atoms with E-state index in [4.69, 9.17) is 17.3 Å². The lowest BCUT2D eigenvalue weighted by molar-refractivity contribution is 0.563. The first-order valence-corrected chi connectivity index (χ1v) is 5.53. The maximum atomic E-state index is 13.6. The zero-order valence-corrected chi connectivity index (χ0v) is 9.89. The summed E-state index contributed by atoms with van der Waals surface area (Å²) in [6, 6.07) is 5.70. The van der Waals surface area contributed by atoms with Crippen molar-refractivity contribution in [2.24, 2.45) is 5.73 Å². The number of halogens is 4. The molecule has 0 aromatic heterocycles. The summed E-state index contributed by atoms with van der Waals surface area (Å²) in [6.45, 7) is 0. The van der Waals surface area contributed by atoms with Crippen molar-refractivity contribution in [3.63, 3.8) is 0 Å². The molecule has 5 heteroatoms. The summed E-state index contributed by atoms with van der Waals surface area (Å²) in [5, 5.41) is 0.0751. The minimum atomic E-state index is -1.16. The third-order valence-electron chi connectivity index (χ3n) is 2.60. The molecule has 0 aliphatic rings. The van der Waals surface area contributed by atoms with Crippen LogP contribution in [0.25, 0.3) is 0 Å². The molecular weight excluding hydrogens is 263 g/mol. The molecule has 0 saturated heterocycles. The van der Waals surface area contributed by atoms with Crippen LogP contribution in [0.2, 0.25) is 5.02 Å². The lowest BCUT2D eigenvalue weighted by atomic mass is 9.98. The highest BCUT2D eigenvalue weighted by Gasteiger charge is 2.20. The molecule has 0 spiro atoms. The summed E-state index contributed by atoms with van der Waals surface area (Å²) < 4.78 is 40.3. The molecule has 0 heterocycles. The maximum Gasteiger partial charge on any atom is 0.129 e. The Morgan fingerprint density at radius 2 is 1.72 bits per heavy atom. The lowest BCUT2D eigenvalue weighted by Crippen LogP contribution is -2.16. The van der Waals surface area contributed by atoms with E-state index in [1.807, 2.05) is 0 Å². The second-order valence-corrected chi connectivity index (χ2v) is 4.19. The fourth-order valence-corrected chi connectivity index (χ4v) is 2.00. The highest BCUT2D eigenvalue weighted by Crippen LogP contribution is 2.30. The summed E-state index contributed by atoms with van der Waals surface area (Å²) in [5.41, 5.74) is 5.57. The molecule has 2 aromatic rings. The number of hydrogen-bond donors (Lipinski definition) is 1. The molecule has 1 atom stereocenters. The molecule has 0 bridgehead atoms. The predicted octanol–water partition coefficient (Wildman–Crippen LogP) is 3.81. The average molecular weight is 272 g/mol.